The van der Waals surface area contributed by atoms with Gasteiger partial charge in [0.2, 0.25) is 0 Å². The molecule has 0 saturated carbocycles. The first-order valence-corrected chi connectivity index (χ1v) is 6.69. The van der Waals surface area contributed by atoms with Gasteiger partial charge in [0.05, 0.1) is 37.2 Å². The first-order valence-electron chi connectivity index (χ1n) is 5.90. The van der Waals surface area contributed by atoms with Gasteiger partial charge in [0.15, 0.2) is 0 Å². The highest BCUT2D eigenvalue weighted by Gasteiger charge is 2.27. The number of aliphatic hydroxyl groups is 2. The molecule has 0 aliphatic rings. The van der Waals surface area contributed by atoms with E-state index in [4.69, 9.17) is 0 Å². The van der Waals surface area contributed by atoms with Gasteiger partial charge < -0.3 is 15.5 Å². The molecule has 0 unspecified atom stereocenters. The van der Waals surface area contributed by atoms with Crippen LogP contribution in [0.2, 0.25) is 0 Å². The van der Waals surface area contributed by atoms with Crippen LogP contribution in [0.1, 0.15) is 13.3 Å². The van der Waals surface area contributed by atoms with Crippen LogP contribution in [-0.2, 0) is 6.54 Å². The third kappa shape index (κ3) is 3.43. The fourth-order valence-corrected chi connectivity index (χ4v) is 1.94. The molecule has 3 N–H and O–H groups in total. The minimum atomic E-state index is -0.874. The van der Waals surface area contributed by atoms with Crippen molar-refractivity contribution in [3.63, 3.8) is 0 Å². The largest absolute Gasteiger partial charge is 0.394 e. The fraction of sp³-hybridized carbons (Fsp3) is 0.500. The van der Waals surface area contributed by atoms with Gasteiger partial charge in [-0.2, -0.15) is 5.10 Å². The van der Waals surface area contributed by atoms with Crippen molar-refractivity contribution in [3.05, 3.63) is 33.7 Å². The van der Waals surface area contributed by atoms with E-state index in [1.54, 1.807) is 6.08 Å². The number of anilines is 1. The van der Waals surface area contributed by atoms with E-state index in [1.807, 2.05) is 6.92 Å². The van der Waals surface area contributed by atoms with Gasteiger partial charge in [0, 0.05) is 0 Å². The van der Waals surface area contributed by atoms with Gasteiger partial charge in [-0.15, -0.1) is 6.58 Å². The van der Waals surface area contributed by atoms with Gasteiger partial charge >= 0.3 is 0 Å². The molecule has 0 fully saturated rings. The second kappa shape index (κ2) is 6.83. The molecule has 6 nitrogen and oxygen atoms in total. The van der Waals surface area contributed by atoms with Gasteiger partial charge in [-0.05, 0) is 22.4 Å². The van der Waals surface area contributed by atoms with Gasteiger partial charge in [-0.3, -0.25) is 4.79 Å². The minimum absolute atomic E-state index is 0.248. The molecule has 0 aliphatic carbocycles. The molecule has 0 atom stereocenters. The summed E-state index contributed by atoms with van der Waals surface area (Å²) in [4.78, 5) is 12.0. The minimum Gasteiger partial charge on any atom is -0.394 e. The molecule has 0 radical (unpaired) electrons. The lowest BCUT2D eigenvalue weighted by molar-refractivity contribution is 0.132. The zero-order chi connectivity index (χ0) is 14.5. The van der Waals surface area contributed by atoms with Crippen molar-refractivity contribution in [2.45, 2.75) is 25.4 Å². The van der Waals surface area contributed by atoms with Crippen molar-refractivity contribution >= 4 is 21.6 Å². The van der Waals surface area contributed by atoms with E-state index in [0.29, 0.717) is 23.1 Å². The highest BCUT2D eigenvalue weighted by Crippen LogP contribution is 2.22. The molecule has 1 aromatic rings. The van der Waals surface area contributed by atoms with E-state index in [9.17, 15) is 15.0 Å². The number of halogens is 1. The standard InChI is InChI=1S/C12H18BrN3O3/c1-3-5-16-11(19)10(13)9(6-14-16)15-12(4-2,7-17)8-18/h3,6,15,17-18H,1,4-5,7-8H2,2H3. The maximum atomic E-state index is 12.0. The maximum Gasteiger partial charge on any atom is 0.283 e. The van der Waals surface area contributed by atoms with Crippen molar-refractivity contribution < 1.29 is 10.2 Å². The third-order valence-electron chi connectivity index (χ3n) is 2.97. The average Bonchev–Trinajstić information content (AvgIpc) is 2.44. The Morgan fingerprint density at radius 3 is 2.68 bits per heavy atom. The third-order valence-corrected chi connectivity index (χ3v) is 3.74. The lowest BCUT2D eigenvalue weighted by Crippen LogP contribution is -2.45. The summed E-state index contributed by atoms with van der Waals surface area (Å²) < 4.78 is 1.57. The predicted octanol–water partition coefficient (Wildman–Crippen LogP) is 0.737. The maximum absolute atomic E-state index is 12.0. The van der Waals surface area contributed by atoms with Crippen LogP contribution in [0.3, 0.4) is 0 Å². The van der Waals surface area contributed by atoms with E-state index in [2.05, 4.69) is 32.9 Å². The molecule has 0 aliphatic heterocycles. The van der Waals surface area contributed by atoms with Crippen LogP contribution in [0, 0.1) is 0 Å². The molecule has 1 rings (SSSR count). The Labute approximate surface area is 119 Å². The van der Waals surface area contributed by atoms with Crippen molar-refractivity contribution in [2.75, 3.05) is 18.5 Å². The smallest absolute Gasteiger partial charge is 0.283 e. The summed E-state index contributed by atoms with van der Waals surface area (Å²) in [6.07, 6.45) is 3.55. The lowest BCUT2D eigenvalue weighted by Gasteiger charge is -2.31. The number of nitrogens with zero attached hydrogens (tertiary/aromatic N) is 2. The lowest BCUT2D eigenvalue weighted by atomic mass is 9.98. The average molecular weight is 332 g/mol. The van der Waals surface area contributed by atoms with Gasteiger partial charge in [-0.1, -0.05) is 13.0 Å². The molecule has 1 aromatic heterocycles. The SMILES string of the molecule is C=CCn1ncc(NC(CC)(CO)CO)c(Br)c1=O. The summed E-state index contributed by atoms with van der Waals surface area (Å²) in [5.41, 5.74) is -0.734. The zero-order valence-electron chi connectivity index (χ0n) is 10.8. The number of rotatable bonds is 7. The molecule has 0 spiro atoms. The molecule has 0 saturated heterocycles. The number of hydrogen-bond donors (Lipinski definition) is 3. The molecule has 0 bridgehead atoms. The Morgan fingerprint density at radius 1 is 1.58 bits per heavy atom. The summed E-state index contributed by atoms with van der Waals surface area (Å²) in [6, 6.07) is 0. The molecule has 7 heteroatoms. The van der Waals surface area contributed by atoms with Gasteiger partial charge in [0.1, 0.15) is 4.47 Å². The predicted molar refractivity (Wildman–Crippen MR) is 77.2 cm³/mol. The van der Waals surface area contributed by atoms with E-state index >= 15 is 0 Å². The van der Waals surface area contributed by atoms with Crippen molar-refractivity contribution in [1.29, 1.82) is 0 Å². The summed E-state index contributed by atoms with van der Waals surface area (Å²) in [5.74, 6) is 0. The van der Waals surface area contributed by atoms with E-state index < -0.39 is 5.54 Å². The van der Waals surface area contributed by atoms with Crippen molar-refractivity contribution in [3.8, 4) is 0 Å². The van der Waals surface area contributed by atoms with Gasteiger partial charge in [-0.25, -0.2) is 4.68 Å². The number of allylic oxidation sites excluding steroid dienone is 1. The summed E-state index contributed by atoms with van der Waals surface area (Å²) in [6.45, 7) is 5.21. The molecule has 0 aromatic carbocycles. The Bertz CT molecular complexity index is 489. The van der Waals surface area contributed by atoms with Crippen LogP contribution in [0.4, 0.5) is 5.69 Å². The Hall–Kier alpha value is -1.18. The highest BCUT2D eigenvalue weighted by molar-refractivity contribution is 9.10. The monoisotopic (exact) mass is 331 g/mol. The molecular formula is C12H18BrN3O3. The second-order valence-electron chi connectivity index (χ2n) is 4.22. The highest BCUT2D eigenvalue weighted by atomic mass is 79.9. The van der Waals surface area contributed by atoms with E-state index in [1.165, 1.54) is 10.9 Å². The van der Waals surface area contributed by atoms with Crippen LogP contribution in [0.25, 0.3) is 0 Å². The van der Waals surface area contributed by atoms with Gasteiger partial charge in [0.25, 0.3) is 5.56 Å². The number of aliphatic hydroxyl groups excluding tert-OH is 2. The van der Waals surface area contributed by atoms with Crippen molar-refractivity contribution in [2.24, 2.45) is 0 Å². The van der Waals surface area contributed by atoms with E-state index in [-0.39, 0.29) is 18.8 Å². The van der Waals surface area contributed by atoms with Crippen LogP contribution >= 0.6 is 15.9 Å². The van der Waals surface area contributed by atoms with Crippen LogP contribution in [0.15, 0.2) is 28.1 Å². The summed E-state index contributed by atoms with van der Waals surface area (Å²) in [5, 5.41) is 25.7. The Morgan fingerprint density at radius 2 is 2.21 bits per heavy atom. The molecule has 19 heavy (non-hydrogen) atoms. The van der Waals surface area contributed by atoms with E-state index in [0.717, 1.165) is 0 Å². The molecular weight excluding hydrogens is 314 g/mol. The molecule has 1 heterocycles. The number of nitrogens with one attached hydrogen (secondary N) is 1. The zero-order valence-corrected chi connectivity index (χ0v) is 12.4. The topological polar surface area (TPSA) is 87.4 Å². The summed E-state index contributed by atoms with van der Waals surface area (Å²) >= 11 is 3.21. The summed E-state index contributed by atoms with van der Waals surface area (Å²) in [7, 11) is 0. The van der Waals surface area contributed by atoms with Crippen molar-refractivity contribution in [1.82, 2.24) is 9.78 Å². The quantitative estimate of drug-likeness (QED) is 0.641. The Kier molecular flexibility index (Phi) is 5.71. The molecule has 0 amide bonds. The first kappa shape index (κ1) is 15.9. The number of aromatic nitrogens is 2. The fourth-order valence-electron chi connectivity index (χ4n) is 1.53. The van der Waals surface area contributed by atoms with Crippen LogP contribution in [-0.4, -0.2) is 38.7 Å². The Balaban J connectivity index is 3.13. The first-order chi connectivity index (χ1) is 9.03. The number of hydrogen-bond acceptors (Lipinski definition) is 5. The van der Waals surface area contributed by atoms with Crippen LogP contribution in [0.5, 0.6) is 0 Å². The normalized spacial score (nSPS) is 11.4. The second-order valence-corrected chi connectivity index (χ2v) is 5.02. The van der Waals surface area contributed by atoms with Crippen LogP contribution < -0.4 is 10.9 Å². The molecule has 106 valence electrons.